The lowest BCUT2D eigenvalue weighted by Crippen LogP contribution is -2.34. The molecule has 1 N–H and O–H groups in total. The molecule has 126 valence electrons. The number of hydrogen-bond donors (Lipinski definition) is 1. The summed E-state index contributed by atoms with van der Waals surface area (Å²) in [4.78, 5) is 28.2. The molecule has 8 nitrogen and oxygen atoms in total. The zero-order valence-electron chi connectivity index (χ0n) is 12.5. The van der Waals surface area contributed by atoms with Crippen molar-refractivity contribution in [3.63, 3.8) is 0 Å². The fourth-order valence-electron chi connectivity index (χ4n) is 2.55. The molecule has 0 saturated heterocycles. The molecule has 4 rings (SSSR count). The van der Waals surface area contributed by atoms with Gasteiger partial charge in [-0.05, 0) is 17.7 Å². The van der Waals surface area contributed by atoms with Gasteiger partial charge in [-0.2, -0.15) is 14.7 Å². The molecule has 0 saturated carbocycles. The average Bonchev–Trinajstić information content (AvgIpc) is 3.27. The minimum atomic E-state index is -1.02. The number of aromatic nitrogens is 3. The SMILES string of the molecule is O=C(O)C1CC(c2ccc(Cl)cc2)=NN1/C=c1\sc2ncnn2c1=O. The standard InChI is InChI=1S/C15H10ClN5O3S/c16-9-3-1-8(2-4-9)10-5-11(14(23)24)20(19-10)6-12-13(22)21-15(25-12)17-7-18-21/h1-4,6-7,11H,5H2,(H,23,24)/b12-6-. The quantitative estimate of drug-likeness (QED) is 0.727. The van der Waals surface area contributed by atoms with Gasteiger partial charge in [0, 0.05) is 17.6 Å². The normalized spacial score (nSPS) is 18.1. The van der Waals surface area contributed by atoms with E-state index in [1.54, 1.807) is 24.3 Å². The summed E-state index contributed by atoms with van der Waals surface area (Å²) in [5.41, 5.74) is 1.06. The van der Waals surface area contributed by atoms with Crippen LogP contribution >= 0.6 is 22.9 Å². The van der Waals surface area contributed by atoms with E-state index in [-0.39, 0.29) is 12.0 Å². The Kier molecular flexibility index (Phi) is 3.74. The van der Waals surface area contributed by atoms with Crippen LogP contribution in [-0.4, -0.2) is 42.4 Å². The zero-order valence-corrected chi connectivity index (χ0v) is 14.1. The Hall–Kier alpha value is -2.78. The lowest BCUT2D eigenvalue weighted by atomic mass is 10.0. The number of carbonyl (C=O) groups is 1. The summed E-state index contributed by atoms with van der Waals surface area (Å²) in [5, 5.41) is 19.6. The fraction of sp³-hybridized carbons (Fsp3) is 0.133. The van der Waals surface area contributed by atoms with Gasteiger partial charge in [-0.3, -0.25) is 9.80 Å². The van der Waals surface area contributed by atoms with Gasteiger partial charge in [-0.15, -0.1) is 0 Å². The number of aliphatic carboxylic acids is 1. The van der Waals surface area contributed by atoms with Gasteiger partial charge in [0.15, 0.2) is 6.04 Å². The highest BCUT2D eigenvalue weighted by Crippen LogP contribution is 2.22. The number of benzene rings is 1. The zero-order chi connectivity index (χ0) is 17.6. The molecule has 3 aromatic rings. The summed E-state index contributed by atoms with van der Waals surface area (Å²) >= 11 is 7.01. The topological polar surface area (TPSA) is 100 Å². The van der Waals surface area contributed by atoms with Gasteiger partial charge in [-0.25, -0.2) is 9.78 Å². The highest BCUT2D eigenvalue weighted by molar-refractivity contribution is 7.14. The monoisotopic (exact) mass is 375 g/mol. The molecule has 0 bridgehead atoms. The number of hydrazone groups is 1. The summed E-state index contributed by atoms with van der Waals surface area (Å²) < 4.78 is 1.49. The Bertz CT molecular complexity index is 1100. The number of rotatable bonds is 3. The summed E-state index contributed by atoms with van der Waals surface area (Å²) in [7, 11) is 0. The maximum absolute atomic E-state index is 12.2. The highest BCUT2D eigenvalue weighted by Gasteiger charge is 2.32. The molecule has 1 aliphatic rings. The van der Waals surface area contributed by atoms with Crippen LogP contribution in [0.25, 0.3) is 11.2 Å². The van der Waals surface area contributed by atoms with Gasteiger partial charge in [0.25, 0.3) is 5.56 Å². The van der Waals surface area contributed by atoms with Gasteiger partial charge >= 0.3 is 5.97 Å². The molecule has 0 fully saturated rings. The average molecular weight is 376 g/mol. The van der Waals surface area contributed by atoms with E-state index in [0.717, 1.165) is 16.9 Å². The molecule has 1 aliphatic heterocycles. The molecule has 0 aliphatic carbocycles. The van der Waals surface area contributed by atoms with Gasteiger partial charge in [0.1, 0.15) is 10.9 Å². The molecular weight excluding hydrogens is 366 g/mol. The molecule has 1 atom stereocenters. The van der Waals surface area contributed by atoms with E-state index in [4.69, 9.17) is 11.6 Å². The number of carboxylic acids is 1. The summed E-state index contributed by atoms with van der Waals surface area (Å²) in [6.45, 7) is 0. The van der Waals surface area contributed by atoms with Gasteiger partial charge in [0.05, 0.1) is 5.71 Å². The third-order valence-electron chi connectivity index (χ3n) is 3.78. The molecule has 0 spiro atoms. The van der Waals surface area contributed by atoms with Crippen LogP contribution in [0.2, 0.25) is 5.02 Å². The van der Waals surface area contributed by atoms with E-state index in [1.807, 2.05) is 0 Å². The van der Waals surface area contributed by atoms with Crippen molar-refractivity contribution in [3.05, 3.63) is 56.1 Å². The lowest BCUT2D eigenvalue weighted by Gasteiger charge is -2.14. The Balaban J connectivity index is 1.77. The highest BCUT2D eigenvalue weighted by atomic mass is 35.5. The van der Waals surface area contributed by atoms with E-state index in [1.165, 1.54) is 22.1 Å². The molecule has 3 heterocycles. The minimum Gasteiger partial charge on any atom is -0.480 e. The molecule has 10 heteroatoms. The van der Waals surface area contributed by atoms with Crippen LogP contribution < -0.4 is 10.1 Å². The van der Waals surface area contributed by atoms with Crippen molar-refractivity contribution in [2.24, 2.45) is 5.10 Å². The molecule has 2 aromatic heterocycles. The summed E-state index contributed by atoms with van der Waals surface area (Å²) in [5.74, 6) is -1.02. The van der Waals surface area contributed by atoms with Crippen LogP contribution in [0, 0.1) is 0 Å². The number of carboxylic acid groups (broad SMARTS) is 1. The number of nitrogens with zero attached hydrogens (tertiary/aromatic N) is 5. The van der Waals surface area contributed by atoms with Gasteiger partial charge in [0.2, 0.25) is 4.96 Å². The van der Waals surface area contributed by atoms with Crippen LogP contribution in [0.15, 0.2) is 40.5 Å². The van der Waals surface area contributed by atoms with Crippen LogP contribution in [0.3, 0.4) is 0 Å². The Morgan fingerprint density at radius 3 is 2.80 bits per heavy atom. The van der Waals surface area contributed by atoms with E-state index in [9.17, 15) is 14.7 Å². The van der Waals surface area contributed by atoms with E-state index >= 15 is 0 Å². The maximum atomic E-state index is 12.2. The number of halogens is 1. The molecule has 25 heavy (non-hydrogen) atoms. The van der Waals surface area contributed by atoms with Crippen molar-refractivity contribution in [2.45, 2.75) is 12.5 Å². The van der Waals surface area contributed by atoms with Crippen molar-refractivity contribution in [3.8, 4) is 0 Å². The van der Waals surface area contributed by atoms with Crippen molar-refractivity contribution in [2.75, 3.05) is 0 Å². The van der Waals surface area contributed by atoms with E-state index in [0.29, 0.717) is 20.2 Å². The first kappa shape index (κ1) is 15.7. The number of fused-ring (bicyclic) bond motifs is 1. The third-order valence-corrected chi connectivity index (χ3v) is 4.99. The first-order valence-corrected chi connectivity index (χ1v) is 8.41. The Labute approximate surface area is 149 Å². The third kappa shape index (κ3) is 2.77. The minimum absolute atomic E-state index is 0.225. The van der Waals surface area contributed by atoms with Crippen LogP contribution in [0.1, 0.15) is 12.0 Å². The first-order chi connectivity index (χ1) is 12.0. The second-order valence-corrected chi connectivity index (χ2v) is 6.79. The number of thiazole rings is 1. The smallest absolute Gasteiger partial charge is 0.328 e. The molecular formula is C15H10ClN5O3S. The number of hydrogen-bond acceptors (Lipinski definition) is 7. The van der Waals surface area contributed by atoms with E-state index in [2.05, 4.69) is 15.2 Å². The van der Waals surface area contributed by atoms with Crippen molar-refractivity contribution >= 4 is 45.8 Å². The van der Waals surface area contributed by atoms with Crippen molar-refractivity contribution in [1.29, 1.82) is 0 Å². The summed E-state index contributed by atoms with van der Waals surface area (Å²) in [6.07, 6.45) is 2.96. The fourth-order valence-corrected chi connectivity index (χ4v) is 3.53. The Morgan fingerprint density at radius 2 is 2.12 bits per heavy atom. The molecule has 0 amide bonds. The lowest BCUT2D eigenvalue weighted by molar-refractivity contribution is -0.141. The molecule has 1 aromatic carbocycles. The predicted molar refractivity (Wildman–Crippen MR) is 92.7 cm³/mol. The maximum Gasteiger partial charge on any atom is 0.328 e. The van der Waals surface area contributed by atoms with Gasteiger partial charge < -0.3 is 5.11 Å². The largest absolute Gasteiger partial charge is 0.480 e. The second-order valence-electron chi connectivity index (χ2n) is 5.35. The Morgan fingerprint density at radius 1 is 1.36 bits per heavy atom. The molecule has 1 unspecified atom stereocenters. The first-order valence-electron chi connectivity index (χ1n) is 7.22. The van der Waals surface area contributed by atoms with Crippen molar-refractivity contribution in [1.82, 2.24) is 19.6 Å². The molecule has 0 radical (unpaired) electrons. The van der Waals surface area contributed by atoms with E-state index < -0.39 is 12.0 Å². The van der Waals surface area contributed by atoms with Crippen LogP contribution in [-0.2, 0) is 4.79 Å². The van der Waals surface area contributed by atoms with Crippen LogP contribution in [0.5, 0.6) is 0 Å². The van der Waals surface area contributed by atoms with Crippen LogP contribution in [0.4, 0.5) is 0 Å². The predicted octanol–water partition coefficient (Wildman–Crippen LogP) is 0.825. The summed E-state index contributed by atoms with van der Waals surface area (Å²) in [6, 6.07) is 6.12. The van der Waals surface area contributed by atoms with Gasteiger partial charge in [-0.1, -0.05) is 35.1 Å². The van der Waals surface area contributed by atoms with Crippen molar-refractivity contribution < 1.29 is 9.90 Å². The second kappa shape index (κ2) is 5.94.